The Balaban J connectivity index is 1.56. The van der Waals surface area contributed by atoms with Gasteiger partial charge in [0, 0.05) is 26.3 Å². The maximum atomic E-state index is 11.6. The number of aliphatic hydroxyl groups is 2. The van der Waals surface area contributed by atoms with Gasteiger partial charge in [-0.2, -0.15) is 0 Å². The highest BCUT2D eigenvalue weighted by Crippen LogP contribution is 2.24. The lowest BCUT2D eigenvalue weighted by Gasteiger charge is -2.34. The molecule has 0 aromatic heterocycles. The molecule has 0 bridgehead atoms. The van der Waals surface area contributed by atoms with Crippen LogP contribution in [0.15, 0.2) is 60.7 Å². The van der Waals surface area contributed by atoms with Crippen molar-refractivity contribution in [1.29, 1.82) is 0 Å². The molecule has 0 aliphatic heterocycles. The van der Waals surface area contributed by atoms with Gasteiger partial charge in [-0.25, -0.2) is 0 Å². The van der Waals surface area contributed by atoms with Crippen LogP contribution in [0.3, 0.4) is 0 Å². The molecule has 6 N–H and O–H groups in total. The van der Waals surface area contributed by atoms with Crippen LogP contribution in [0.4, 0.5) is 0 Å². The van der Waals surface area contributed by atoms with Gasteiger partial charge < -0.3 is 44.6 Å². The average molecular weight is 693 g/mol. The Hall–Kier alpha value is -2.47. The lowest BCUT2D eigenvalue weighted by molar-refractivity contribution is -0.140. The van der Waals surface area contributed by atoms with E-state index in [1.165, 1.54) is 0 Å². The molecule has 2 aromatic rings. The van der Waals surface area contributed by atoms with E-state index in [9.17, 15) is 30.0 Å². The number of ether oxygens (including phenoxy) is 2. The Labute approximate surface area is 281 Å². The number of benzene rings is 2. The highest BCUT2D eigenvalue weighted by molar-refractivity contribution is 6.84. The number of hydrogen-bond acceptors (Lipinski definition) is 9. The number of aliphatic hydroxyl groups excluding tert-OH is 2. The van der Waals surface area contributed by atoms with Crippen molar-refractivity contribution in [2.45, 2.75) is 88.3 Å². The minimum absolute atomic E-state index is 0.131. The van der Waals surface area contributed by atoms with Crippen molar-refractivity contribution < 1.29 is 43.6 Å². The number of carboxylic acids is 2. The van der Waals surface area contributed by atoms with Crippen molar-refractivity contribution in [1.82, 2.24) is 10.6 Å². The standard InChI is InChI=1S/C34H56N2O9Si2/c1-46(2,19-11-17-43-25-29(37)23-35-31(33(39)40)21-27-13-7-5-8-14-27)45-47(3,4)20-12-18-44-26-30(38)24-36-32(34(41)42)22-28-15-9-6-10-16-28/h5-10,13-16,29-32,35-38H,11-12,17-26H2,1-4H3,(H,39,40)(H,41,42)/t29?,30?,31-,32-/m0/s1. The van der Waals surface area contributed by atoms with Gasteiger partial charge in [0.2, 0.25) is 0 Å². The molecule has 264 valence electrons. The van der Waals surface area contributed by atoms with E-state index in [0.717, 1.165) is 36.1 Å². The summed E-state index contributed by atoms with van der Waals surface area (Å²) in [5, 5.41) is 45.5. The zero-order valence-corrected chi connectivity index (χ0v) is 30.4. The summed E-state index contributed by atoms with van der Waals surface area (Å²) in [6.45, 7) is 10.4. The number of carboxylic acid groups (broad SMARTS) is 2. The predicted molar refractivity (Wildman–Crippen MR) is 188 cm³/mol. The van der Waals surface area contributed by atoms with Crippen LogP contribution in [0.5, 0.6) is 0 Å². The number of carbonyl (C=O) groups is 2. The molecule has 4 atom stereocenters. The van der Waals surface area contributed by atoms with Gasteiger partial charge in [0.05, 0.1) is 25.4 Å². The molecule has 47 heavy (non-hydrogen) atoms. The molecule has 0 fully saturated rings. The maximum absolute atomic E-state index is 11.6. The third-order valence-electron chi connectivity index (χ3n) is 7.67. The largest absolute Gasteiger partial charge is 0.480 e. The third-order valence-corrected chi connectivity index (χ3v) is 15.2. The Morgan fingerprint density at radius 3 is 1.36 bits per heavy atom. The van der Waals surface area contributed by atoms with E-state index in [-0.39, 0.29) is 26.3 Å². The summed E-state index contributed by atoms with van der Waals surface area (Å²) in [6.07, 6.45) is 0.701. The minimum Gasteiger partial charge on any atom is -0.480 e. The first-order valence-corrected chi connectivity index (χ1v) is 22.7. The van der Waals surface area contributed by atoms with Gasteiger partial charge in [0.25, 0.3) is 0 Å². The van der Waals surface area contributed by atoms with Crippen LogP contribution >= 0.6 is 0 Å². The highest BCUT2D eigenvalue weighted by Gasteiger charge is 2.32. The molecule has 0 saturated heterocycles. The van der Waals surface area contributed by atoms with E-state index in [0.29, 0.717) is 26.1 Å². The lowest BCUT2D eigenvalue weighted by Crippen LogP contribution is -2.44. The Bertz CT molecular complexity index is 1070. The summed E-state index contributed by atoms with van der Waals surface area (Å²) in [5.41, 5.74) is 1.83. The van der Waals surface area contributed by atoms with Gasteiger partial charge in [-0.1, -0.05) is 60.7 Å². The van der Waals surface area contributed by atoms with Crippen LogP contribution < -0.4 is 10.6 Å². The molecular formula is C34H56N2O9Si2. The Morgan fingerprint density at radius 2 is 1.02 bits per heavy atom. The van der Waals surface area contributed by atoms with Gasteiger partial charge in [0.15, 0.2) is 16.6 Å². The van der Waals surface area contributed by atoms with Gasteiger partial charge in [0.1, 0.15) is 12.1 Å². The van der Waals surface area contributed by atoms with E-state index in [1.54, 1.807) is 0 Å². The fraction of sp³-hybridized carbons (Fsp3) is 0.588. The molecule has 2 unspecified atom stereocenters. The first-order chi connectivity index (χ1) is 22.3. The van der Waals surface area contributed by atoms with Crippen molar-refractivity contribution >= 4 is 28.6 Å². The molecule has 0 radical (unpaired) electrons. The van der Waals surface area contributed by atoms with Gasteiger partial charge in [-0.15, -0.1) is 0 Å². The molecule has 13 heteroatoms. The average Bonchev–Trinajstić information content (AvgIpc) is 3.01. The maximum Gasteiger partial charge on any atom is 0.321 e. The van der Waals surface area contributed by atoms with Crippen LogP contribution in [0.1, 0.15) is 24.0 Å². The molecule has 11 nitrogen and oxygen atoms in total. The van der Waals surface area contributed by atoms with Gasteiger partial charge in [-0.05, 0) is 75.1 Å². The fourth-order valence-corrected chi connectivity index (χ4v) is 14.1. The predicted octanol–water partition coefficient (Wildman–Crippen LogP) is 3.52. The molecule has 0 saturated carbocycles. The summed E-state index contributed by atoms with van der Waals surface area (Å²) in [6, 6.07) is 19.1. The Morgan fingerprint density at radius 1 is 0.660 bits per heavy atom. The van der Waals surface area contributed by atoms with Crippen LogP contribution in [0.2, 0.25) is 38.3 Å². The highest BCUT2D eigenvalue weighted by atomic mass is 28.4. The van der Waals surface area contributed by atoms with Gasteiger partial charge in [-0.3, -0.25) is 9.59 Å². The van der Waals surface area contributed by atoms with E-state index in [1.807, 2.05) is 60.7 Å². The molecule has 0 aliphatic carbocycles. The number of nitrogens with one attached hydrogen (secondary N) is 2. The molecule has 0 aliphatic rings. The van der Waals surface area contributed by atoms with E-state index in [2.05, 4.69) is 36.8 Å². The zero-order chi connectivity index (χ0) is 34.7. The monoisotopic (exact) mass is 692 g/mol. The van der Waals surface area contributed by atoms with Crippen molar-refractivity contribution in [2.75, 3.05) is 39.5 Å². The molecule has 0 spiro atoms. The number of rotatable bonds is 26. The molecule has 2 aromatic carbocycles. The second-order valence-electron chi connectivity index (χ2n) is 13.3. The summed E-state index contributed by atoms with van der Waals surface area (Å²) in [7, 11) is -3.87. The van der Waals surface area contributed by atoms with E-state index in [4.69, 9.17) is 13.6 Å². The first kappa shape index (κ1) is 40.7. The molecule has 0 amide bonds. The van der Waals surface area contributed by atoms with Crippen molar-refractivity contribution in [2.24, 2.45) is 0 Å². The molecule has 0 heterocycles. The minimum atomic E-state index is -1.94. The van der Waals surface area contributed by atoms with Crippen LogP contribution in [0, 0.1) is 0 Å². The Kier molecular flexibility index (Phi) is 18.6. The summed E-state index contributed by atoms with van der Waals surface area (Å²) >= 11 is 0. The summed E-state index contributed by atoms with van der Waals surface area (Å²) < 4.78 is 18.1. The van der Waals surface area contributed by atoms with Crippen LogP contribution in [0.25, 0.3) is 0 Å². The number of hydrogen-bond donors (Lipinski definition) is 6. The van der Waals surface area contributed by atoms with Crippen LogP contribution in [-0.2, 0) is 36.0 Å². The van der Waals surface area contributed by atoms with Crippen molar-refractivity contribution in [3.05, 3.63) is 71.8 Å². The van der Waals surface area contributed by atoms with E-state index >= 15 is 0 Å². The summed E-state index contributed by atoms with van der Waals surface area (Å²) in [5.74, 6) is -1.91. The second kappa shape index (κ2) is 21.5. The number of aliphatic carboxylic acids is 2. The van der Waals surface area contributed by atoms with E-state index < -0.39 is 52.9 Å². The fourth-order valence-electron chi connectivity index (χ4n) is 5.36. The first-order valence-electron chi connectivity index (χ1n) is 16.5. The quantitative estimate of drug-likeness (QED) is 0.0631. The SMILES string of the molecule is C[Si](C)(CCCOCC(O)CN[C@@H](Cc1ccccc1)C(=O)O)O[Si](C)(C)CCCOCC(O)CN[C@@H](Cc1ccccc1)C(=O)O. The topological polar surface area (TPSA) is 167 Å². The van der Waals surface area contributed by atoms with Crippen LogP contribution in [-0.4, -0.2) is 113 Å². The van der Waals surface area contributed by atoms with Gasteiger partial charge >= 0.3 is 11.9 Å². The lowest BCUT2D eigenvalue weighted by atomic mass is 10.1. The molecule has 2 rings (SSSR count). The second-order valence-corrected chi connectivity index (χ2v) is 22.1. The summed E-state index contributed by atoms with van der Waals surface area (Å²) in [4.78, 5) is 23.2. The smallest absolute Gasteiger partial charge is 0.321 e. The third kappa shape index (κ3) is 18.6. The van der Waals surface area contributed by atoms with Crippen molar-refractivity contribution in [3.63, 3.8) is 0 Å². The zero-order valence-electron chi connectivity index (χ0n) is 28.4. The molecular weight excluding hydrogens is 637 g/mol. The normalized spacial score (nSPS) is 14.8. The van der Waals surface area contributed by atoms with Crippen molar-refractivity contribution in [3.8, 4) is 0 Å².